The molecule has 0 spiro atoms. The van der Waals surface area contributed by atoms with Crippen molar-refractivity contribution in [2.75, 3.05) is 0 Å². The van der Waals surface area contributed by atoms with E-state index in [-0.39, 0.29) is 0 Å². The number of rotatable bonds is 5. The Bertz CT molecular complexity index is 2840. The van der Waals surface area contributed by atoms with Gasteiger partial charge in [0.1, 0.15) is 0 Å². The summed E-state index contributed by atoms with van der Waals surface area (Å²) in [6.45, 7) is 0. The van der Waals surface area contributed by atoms with Gasteiger partial charge in [0, 0.05) is 32.8 Å². The lowest BCUT2D eigenvalue weighted by molar-refractivity contribution is 1.18. The first-order valence-corrected chi connectivity index (χ1v) is 17.2. The van der Waals surface area contributed by atoms with Gasteiger partial charge in [0.15, 0.2) is 0 Å². The number of nitrogens with zero attached hydrogens (tertiary/aromatic N) is 2. The molecule has 0 aliphatic heterocycles. The van der Waals surface area contributed by atoms with Gasteiger partial charge in [-0.1, -0.05) is 152 Å². The zero-order chi connectivity index (χ0) is 33.0. The summed E-state index contributed by atoms with van der Waals surface area (Å²) in [6, 6.07) is 70.4. The molecule has 0 fully saturated rings. The van der Waals surface area contributed by atoms with Gasteiger partial charge in [0.25, 0.3) is 0 Å². The van der Waals surface area contributed by atoms with E-state index in [4.69, 9.17) is 0 Å². The van der Waals surface area contributed by atoms with E-state index in [0.717, 1.165) is 5.69 Å². The number of fused-ring (bicyclic) bond motifs is 6. The van der Waals surface area contributed by atoms with E-state index in [2.05, 4.69) is 203 Å². The van der Waals surface area contributed by atoms with Crippen LogP contribution in [0.2, 0.25) is 0 Å². The number of aromatic nitrogens is 2. The third-order valence-electron chi connectivity index (χ3n) is 10.1. The average molecular weight is 637 g/mol. The molecule has 2 heterocycles. The normalized spacial score (nSPS) is 11.6. The summed E-state index contributed by atoms with van der Waals surface area (Å²) in [7, 11) is 0. The lowest BCUT2D eigenvalue weighted by atomic mass is 9.97. The Kier molecular flexibility index (Phi) is 6.53. The van der Waals surface area contributed by atoms with E-state index >= 15 is 0 Å². The zero-order valence-corrected chi connectivity index (χ0v) is 27.4. The lowest BCUT2D eigenvalue weighted by Crippen LogP contribution is -1.98. The highest BCUT2D eigenvalue weighted by molar-refractivity contribution is 6.17. The molecular weight excluding hydrogens is 605 g/mol. The Labute approximate surface area is 290 Å². The van der Waals surface area contributed by atoms with Gasteiger partial charge in [-0.3, -0.25) is 0 Å². The molecule has 0 bridgehead atoms. The van der Waals surface area contributed by atoms with Crippen LogP contribution < -0.4 is 0 Å². The molecule has 0 unspecified atom stereocenters. The van der Waals surface area contributed by atoms with E-state index in [0.29, 0.717) is 0 Å². The van der Waals surface area contributed by atoms with Gasteiger partial charge in [0.2, 0.25) is 0 Å². The first-order valence-electron chi connectivity index (χ1n) is 17.2. The minimum Gasteiger partial charge on any atom is -0.309 e. The molecule has 0 amide bonds. The van der Waals surface area contributed by atoms with Gasteiger partial charge < -0.3 is 9.13 Å². The van der Waals surface area contributed by atoms with Gasteiger partial charge in [-0.05, 0) is 70.3 Å². The quantitative estimate of drug-likeness (QED) is 0.178. The average Bonchev–Trinajstić information content (AvgIpc) is 3.71. The monoisotopic (exact) mass is 636 g/mol. The number of hydrogen-bond donors (Lipinski definition) is 0. The van der Waals surface area contributed by atoms with E-state index < -0.39 is 0 Å². The zero-order valence-electron chi connectivity index (χ0n) is 27.4. The molecule has 0 saturated carbocycles. The molecule has 2 nitrogen and oxygen atoms in total. The largest absolute Gasteiger partial charge is 0.309 e. The van der Waals surface area contributed by atoms with Crippen LogP contribution in [0.5, 0.6) is 0 Å². The highest BCUT2D eigenvalue weighted by atomic mass is 15.0. The van der Waals surface area contributed by atoms with Crippen molar-refractivity contribution in [1.82, 2.24) is 9.13 Å². The molecule has 10 aromatic rings. The summed E-state index contributed by atoms with van der Waals surface area (Å²) < 4.78 is 4.88. The summed E-state index contributed by atoms with van der Waals surface area (Å²) in [5.41, 5.74) is 14.4. The van der Waals surface area contributed by atoms with Crippen LogP contribution in [0.3, 0.4) is 0 Å². The minimum absolute atomic E-state index is 1.16. The predicted octanol–water partition coefficient (Wildman–Crippen LogP) is 12.9. The Balaban J connectivity index is 1.26. The second-order valence-electron chi connectivity index (χ2n) is 12.9. The minimum atomic E-state index is 1.16. The molecule has 10 rings (SSSR count). The molecule has 234 valence electrons. The third-order valence-corrected chi connectivity index (χ3v) is 10.1. The van der Waals surface area contributed by atoms with E-state index in [1.54, 1.807) is 0 Å². The lowest BCUT2D eigenvalue weighted by Gasteiger charge is -2.16. The standard InChI is InChI=1S/C48H32N2/c1-4-15-33(16-5-1)35-27-29-38(34-17-6-2-7-18-34)46(31-35)50-44-25-13-11-22-42(44)48-39(23-14-26-45(48)50)36-28-30-41-40-21-10-12-24-43(40)49(47(41)32-36)37-19-8-3-9-20-37/h1-32H. The van der Waals surface area contributed by atoms with Crippen LogP contribution in [-0.2, 0) is 0 Å². The molecule has 0 N–H and O–H groups in total. The molecule has 0 saturated heterocycles. The van der Waals surface area contributed by atoms with Gasteiger partial charge in [0.05, 0.1) is 27.8 Å². The summed E-state index contributed by atoms with van der Waals surface area (Å²) in [5, 5.41) is 5.02. The van der Waals surface area contributed by atoms with Crippen molar-refractivity contribution >= 4 is 43.6 Å². The molecule has 2 aromatic heterocycles. The van der Waals surface area contributed by atoms with Crippen molar-refractivity contribution in [3.8, 4) is 44.8 Å². The smallest absolute Gasteiger partial charge is 0.0547 e. The van der Waals surface area contributed by atoms with Gasteiger partial charge in [-0.2, -0.15) is 0 Å². The van der Waals surface area contributed by atoms with Crippen LogP contribution in [-0.4, -0.2) is 9.13 Å². The van der Waals surface area contributed by atoms with Crippen LogP contribution >= 0.6 is 0 Å². The van der Waals surface area contributed by atoms with Crippen LogP contribution in [0.4, 0.5) is 0 Å². The Morgan fingerprint density at radius 1 is 0.280 bits per heavy atom. The molecule has 0 aliphatic carbocycles. The van der Waals surface area contributed by atoms with Crippen molar-refractivity contribution in [3.05, 3.63) is 194 Å². The second-order valence-corrected chi connectivity index (χ2v) is 12.9. The second kappa shape index (κ2) is 11.5. The van der Waals surface area contributed by atoms with Crippen LogP contribution in [0.25, 0.3) is 88.4 Å². The van der Waals surface area contributed by atoms with Crippen molar-refractivity contribution in [1.29, 1.82) is 0 Å². The summed E-state index contributed by atoms with van der Waals surface area (Å²) in [4.78, 5) is 0. The maximum atomic E-state index is 2.47. The van der Waals surface area contributed by atoms with Crippen molar-refractivity contribution < 1.29 is 0 Å². The molecule has 0 atom stereocenters. The number of hydrogen-bond acceptors (Lipinski definition) is 0. The van der Waals surface area contributed by atoms with E-state index in [9.17, 15) is 0 Å². The first-order chi connectivity index (χ1) is 24.8. The molecule has 0 radical (unpaired) electrons. The number of para-hydroxylation sites is 3. The SMILES string of the molecule is c1ccc(-c2ccc(-c3ccccc3)c(-n3c4ccccc4c4c(-c5ccc6c7ccccc7n(-c7ccccc7)c6c5)cccc43)c2)cc1. The molecule has 0 aliphatic rings. The highest BCUT2D eigenvalue weighted by Crippen LogP contribution is 2.43. The fourth-order valence-corrected chi connectivity index (χ4v) is 7.90. The summed E-state index contributed by atoms with van der Waals surface area (Å²) in [5.74, 6) is 0. The maximum Gasteiger partial charge on any atom is 0.0547 e. The van der Waals surface area contributed by atoms with Crippen molar-refractivity contribution in [2.24, 2.45) is 0 Å². The molecule has 8 aromatic carbocycles. The summed E-state index contributed by atoms with van der Waals surface area (Å²) in [6.07, 6.45) is 0. The Morgan fingerprint density at radius 3 is 1.62 bits per heavy atom. The molecule has 2 heteroatoms. The highest BCUT2D eigenvalue weighted by Gasteiger charge is 2.20. The van der Waals surface area contributed by atoms with Gasteiger partial charge in [-0.25, -0.2) is 0 Å². The predicted molar refractivity (Wildman–Crippen MR) is 211 cm³/mol. The van der Waals surface area contributed by atoms with E-state index in [1.165, 1.54) is 82.7 Å². The number of benzene rings is 8. The summed E-state index contributed by atoms with van der Waals surface area (Å²) >= 11 is 0. The third kappa shape index (κ3) is 4.43. The molecule has 50 heavy (non-hydrogen) atoms. The van der Waals surface area contributed by atoms with Gasteiger partial charge in [-0.15, -0.1) is 0 Å². The Morgan fingerprint density at radius 2 is 0.860 bits per heavy atom. The molecular formula is C48H32N2. The fraction of sp³-hybridized carbons (Fsp3) is 0. The van der Waals surface area contributed by atoms with Gasteiger partial charge >= 0.3 is 0 Å². The van der Waals surface area contributed by atoms with E-state index in [1.807, 2.05) is 0 Å². The van der Waals surface area contributed by atoms with Crippen LogP contribution in [0, 0.1) is 0 Å². The van der Waals surface area contributed by atoms with Crippen molar-refractivity contribution in [3.63, 3.8) is 0 Å². The fourth-order valence-electron chi connectivity index (χ4n) is 7.90. The van der Waals surface area contributed by atoms with Crippen LogP contribution in [0.1, 0.15) is 0 Å². The van der Waals surface area contributed by atoms with Crippen molar-refractivity contribution in [2.45, 2.75) is 0 Å². The Hall–Kier alpha value is -6.64. The van der Waals surface area contributed by atoms with Crippen LogP contribution in [0.15, 0.2) is 194 Å². The topological polar surface area (TPSA) is 9.86 Å². The first kappa shape index (κ1) is 28.4. The maximum absolute atomic E-state index is 2.47.